The van der Waals surface area contributed by atoms with Crippen LogP contribution in [-0.4, -0.2) is 22.2 Å². The summed E-state index contributed by atoms with van der Waals surface area (Å²) >= 11 is 0. The second-order valence-electron chi connectivity index (χ2n) is 3.74. The Hall–Kier alpha value is -2.02. The Morgan fingerprint density at radius 3 is 2.94 bits per heavy atom. The van der Waals surface area contributed by atoms with Crippen molar-refractivity contribution in [2.75, 3.05) is 6.54 Å². The van der Waals surface area contributed by atoms with Crippen molar-refractivity contribution >= 4 is 0 Å². The Morgan fingerprint density at radius 2 is 2.24 bits per heavy atom. The minimum absolute atomic E-state index is 0.00405. The van der Waals surface area contributed by atoms with Crippen LogP contribution < -0.4 is 11.2 Å². The van der Waals surface area contributed by atoms with E-state index in [9.17, 15) is 14.5 Å². The summed E-state index contributed by atoms with van der Waals surface area (Å²) in [4.78, 5) is 35.0. The topological polar surface area (TPSA) is 93.5 Å². The molecule has 17 heavy (non-hydrogen) atoms. The number of nitrogens with zero attached hydrogens (tertiary/aromatic N) is 2. The summed E-state index contributed by atoms with van der Waals surface area (Å²) in [5.41, 5.74) is -0.548. The zero-order valence-corrected chi connectivity index (χ0v) is 9.12. The maximum Gasteiger partial charge on any atom is 0.330 e. The van der Waals surface area contributed by atoms with Gasteiger partial charge in [0.1, 0.15) is 12.6 Å². The Bertz CT molecular complexity index is 572. The van der Waals surface area contributed by atoms with Crippen molar-refractivity contribution in [2.24, 2.45) is 5.18 Å². The number of aromatic amines is 1. The summed E-state index contributed by atoms with van der Waals surface area (Å²) in [5, 5.41) is 2.73. The van der Waals surface area contributed by atoms with Crippen molar-refractivity contribution in [3.8, 4) is 0 Å². The van der Waals surface area contributed by atoms with Gasteiger partial charge in [-0.1, -0.05) is 11.3 Å². The van der Waals surface area contributed by atoms with Gasteiger partial charge in [-0.2, -0.15) is 4.91 Å². The molecule has 2 unspecified atom stereocenters. The van der Waals surface area contributed by atoms with Gasteiger partial charge in [-0.25, -0.2) is 4.79 Å². The molecule has 0 aromatic carbocycles. The van der Waals surface area contributed by atoms with Crippen LogP contribution in [0.25, 0.3) is 0 Å². The predicted octanol–water partition coefficient (Wildman–Crippen LogP) is 0.0650. The van der Waals surface area contributed by atoms with Crippen molar-refractivity contribution in [3.63, 3.8) is 0 Å². The molecule has 1 aliphatic heterocycles. The average molecular weight is 237 g/mol. The molecule has 0 radical (unpaired) electrons. The first kappa shape index (κ1) is 11.5. The molecule has 2 rings (SSSR count). The molecule has 0 spiro atoms. The van der Waals surface area contributed by atoms with Gasteiger partial charge in [-0.15, -0.1) is 0 Å². The summed E-state index contributed by atoms with van der Waals surface area (Å²) in [6.45, 7) is 1.60. The van der Waals surface area contributed by atoms with E-state index in [2.05, 4.69) is 10.2 Å². The highest BCUT2D eigenvalue weighted by Crippen LogP contribution is 2.19. The van der Waals surface area contributed by atoms with E-state index in [1.54, 1.807) is 19.1 Å². The van der Waals surface area contributed by atoms with Crippen LogP contribution in [-0.2, 0) is 4.74 Å². The molecular weight excluding hydrogens is 226 g/mol. The molecular formula is C10H11N3O4. The van der Waals surface area contributed by atoms with Gasteiger partial charge in [0, 0.05) is 11.8 Å². The average Bonchev–Trinajstić information content (AvgIpc) is 2.72. The van der Waals surface area contributed by atoms with Gasteiger partial charge in [0.05, 0.1) is 0 Å². The van der Waals surface area contributed by atoms with E-state index in [4.69, 9.17) is 4.74 Å². The molecule has 0 aliphatic carbocycles. The van der Waals surface area contributed by atoms with Crippen LogP contribution in [0.5, 0.6) is 0 Å². The SMILES string of the molecule is Cc1cn(C2C=CC(CN=O)O2)c(=O)[nH]c1=O. The van der Waals surface area contributed by atoms with Crippen molar-refractivity contribution in [2.45, 2.75) is 19.3 Å². The number of aryl methyl sites for hydroxylation is 1. The van der Waals surface area contributed by atoms with Crippen LogP contribution in [0.1, 0.15) is 11.8 Å². The van der Waals surface area contributed by atoms with Crippen LogP contribution >= 0.6 is 0 Å². The van der Waals surface area contributed by atoms with E-state index >= 15 is 0 Å². The quantitative estimate of drug-likeness (QED) is 0.594. The largest absolute Gasteiger partial charge is 0.345 e. The Kier molecular flexibility index (Phi) is 3.01. The number of rotatable bonds is 3. The lowest BCUT2D eigenvalue weighted by Gasteiger charge is -2.14. The number of nitroso groups, excluding NO2 is 1. The second-order valence-corrected chi connectivity index (χ2v) is 3.74. The van der Waals surface area contributed by atoms with Crippen LogP contribution in [0.15, 0.2) is 33.1 Å². The lowest BCUT2D eigenvalue weighted by Crippen LogP contribution is -2.33. The van der Waals surface area contributed by atoms with Crippen molar-refractivity contribution < 1.29 is 4.74 Å². The molecule has 0 fully saturated rings. The molecule has 1 aromatic rings. The van der Waals surface area contributed by atoms with Gasteiger partial charge in [-0.3, -0.25) is 14.3 Å². The van der Waals surface area contributed by atoms with E-state index in [1.807, 2.05) is 0 Å². The lowest BCUT2D eigenvalue weighted by molar-refractivity contribution is 0.0199. The summed E-state index contributed by atoms with van der Waals surface area (Å²) in [7, 11) is 0. The lowest BCUT2D eigenvalue weighted by atomic mass is 10.3. The van der Waals surface area contributed by atoms with E-state index in [1.165, 1.54) is 10.8 Å². The summed E-state index contributed by atoms with van der Waals surface area (Å²) in [6, 6.07) is 0. The molecule has 1 N–H and O–H groups in total. The maximum atomic E-state index is 11.6. The second kappa shape index (κ2) is 4.46. The summed E-state index contributed by atoms with van der Waals surface area (Å²) < 4.78 is 6.66. The van der Waals surface area contributed by atoms with E-state index < -0.39 is 23.6 Å². The third-order valence-electron chi connectivity index (χ3n) is 2.48. The first-order valence-corrected chi connectivity index (χ1v) is 5.07. The van der Waals surface area contributed by atoms with Crippen molar-refractivity contribution in [1.29, 1.82) is 0 Å². The van der Waals surface area contributed by atoms with Crippen molar-refractivity contribution in [1.82, 2.24) is 9.55 Å². The minimum atomic E-state index is -0.607. The first-order chi connectivity index (χ1) is 8.11. The third kappa shape index (κ3) is 2.23. The number of ether oxygens (including phenoxy) is 1. The van der Waals surface area contributed by atoms with E-state index in [0.29, 0.717) is 5.56 Å². The fraction of sp³-hybridized carbons (Fsp3) is 0.400. The first-order valence-electron chi connectivity index (χ1n) is 5.07. The molecule has 7 heteroatoms. The number of hydrogen-bond acceptors (Lipinski definition) is 5. The van der Waals surface area contributed by atoms with E-state index in [0.717, 1.165) is 0 Å². The molecule has 90 valence electrons. The van der Waals surface area contributed by atoms with Gasteiger partial charge in [0.15, 0.2) is 6.23 Å². The van der Waals surface area contributed by atoms with Crippen LogP contribution in [0.3, 0.4) is 0 Å². The monoisotopic (exact) mass is 237 g/mol. The van der Waals surface area contributed by atoms with Gasteiger partial charge in [0.25, 0.3) is 5.56 Å². The predicted molar refractivity (Wildman–Crippen MR) is 59.8 cm³/mol. The molecule has 2 heterocycles. The Morgan fingerprint density at radius 1 is 1.47 bits per heavy atom. The molecule has 0 amide bonds. The smallest absolute Gasteiger partial charge is 0.330 e. The fourth-order valence-corrected chi connectivity index (χ4v) is 1.60. The maximum absolute atomic E-state index is 11.6. The zero-order chi connectivity index (χ0) is 12.4. The van der Waals surface area contributed by atoms with E-state index in [-0.39, 0.29) is 6.54 Å². The number of nitrogens with one attached hydrogen (secondary N) is 1. The highest BCUT2D eigenvalue weighted by Gasteiger charge is 2.21. The highest BCUT2D eigenvalue weighted by molar-refractivity contribution is 5.06. The van der Waals surface area contributed by atoms with Gasteiger partial charge >= 0.3 is 5.69 Å². The van der Waals surface area contributed by atoms with Gasteiger partial charge in [-0.05, 0) is 13.0 Å². The molecule has 7 nitrogen and oxygen atoms in total. The van der Waals surface area contributed by atoms with Gasteiger partial charge < -0.3 is 4.74 Å². The van der Waals surface area contributed by atoms with Crippen LogP contribution in [0.2, 0.25) is 0 Å². The highest BCUT2D eigenvalue weighted by atomic mass is 16.5. The number of H-pyrrole nitrogens is 1. The van der Waals surface area contributed by atoms with Crippen molar-refractivity contribution in [3.05, 3.63) is 49.7 Å². The molecule has 1 aromatic heterocycles. The molecule has 0 saturated carbocycles. The van der Waals surface area contributed by atoms with Crippen LogP contribution in [0.4, 0.5) is 0 Å². The fourth-order valence-electron chi connectivity index (χ4n) is 1.60. The normalized spacial score (nSPS) is 22.9. The number of hydrogen-bond donors (Lipinski definition) is 1. The molecule has 0 saturated heterocycles. The van der Waals surface area contributed by atoms with Gasteiger partial charge in [0.2, 0.25) is 0 Å². The Labute approximate surface area is 95.7 Å². The molecule has 0 bridgehead atoms. The standard InChI is InChI=1S/C10H11N3O4/c1-6-5-13(10(15)12-9(6)14)8-3-2-7(17-8)4-11-16/h2-3,5,7-8H,4H2,1H3,(H,12,14,15). The minimum Gasteiger partial charge on any atom is -0.345 e. The zero-order valence-electron chi connectivity index (χ0n) is 9.12. The molecule has 1 aliphatic rings. The number of aromatic nitrogens is 2. The third-order valence-corrected chi connectivity index (χ3v) is 2.48. The van der Waals surface area contributed by atoms with Crippen LogP contribution in [0, 0.1) is 11.8 Å². The summed E-state index contributed by atoms with van der Waals surface area (Å²) in [5.74, 6) is 0. The summed E-state index contributed by atoms with van der Waals surface area (Å²) in [6.07, 6.45) is 3.71. The Balaban J connectivity index is 2.29. The molecule has 2 atom stereocenters.